The van der Waals surface area contributed by atoms with E-state index in [2.05, 4.69) is 84.9 Å². The van der Waals surface area contributed by atoms with Gasteiger partial charge in [-0.3, -0.25) is 9.97 Å². The summed E-state index contributed by atoms with van der Waals surface area (Å²) in [5.74, 6) is 0. The molecule has 0 amide bonds. The second kappa shape index (κ2) is 6.14. The minimum atomic E-state index is -0.106. The van der Waals surface area contributed by atoms with Gasteiger partial charge in [-0.1, -0.05) is 52.3 Å². The highest BCUT2D eigenvalue weighted by molar-refractivity contribution is 6.03. The van der Waals surface area contributed by atoms with Gasteiger partial charge in [-0.2, -0.15) is 0 Å². The fraction of sp³-hybridized carbons (Fsp3) is 0.357. The van der Waals surface area contributed by atoms with Crippen LogP contribution in [0.1, 0.15) is 62.6 Å². The molecule has 0 N–H and O–H groups in total. The number of rotatable bonds is 1. The Morgan fingerprint density at radius 1 is 0.933 bits per heavy atom. The van der Waals surface area contributed by atoms with Crippen LogP contribution in [-0.4, -0.2) is 9.97 Å². The van der Waals surface area contributed by atoms with E-state index in [-0.39, 0.29) is 10.8 Å². The highest BCUT2D eigenvalue weighted by Crippen LogP contribution is 2.49. The van der Waals surface area contributed by atoms with Crippen molar-refractivity contribution in [3.8, 4) is 11.3 Å². The summed E-state index contributed by atoms with van der Waals surface area (Å²) in [6.45, 7) is 15.9. The van der Waals surface area contributed by atoms with Gasteiger partial charge in [0.2, 0.25) is 0 Å². The molecular formula is C28H30N2. The number of aryl methyl sites for hydroxylation is 2. The van der Waals surface area contributed by atoms with E-state index in [1.807, 2.05) is 6.20 Å². The van der Waals surface area contributed by atoms with Crippen LogP contribution in [0, 0.1) is 19.3 Å². The Hall–Kier alpha value is -2.74. The molecule has 1 aliphatic carbocycles. The molecular weight excluding hydrogens is 364 g/mol. The van der Waals surface area contributed by atoms with E-state index in [0.717, 1.165) is 17.6 Å². The molecule has 2 heteroatoms. The molecule has 0 fully saturated rings. The molecule has 4 aromatic rings. The number of hydrogen-bond acceptors (Lipinski definition) is 2. The quantitative estimate of drug-likeness (QED) is 0.338. The molecule has 0 bridgehead atoms. The molecule has 2 aromatic heterocycles. The zero-order valence-corrected chi connectivity index (χ0v) is 19.1. The van der Waals surface area contributed by atoms with Gasteiger partial charge in [0, 0.05) is 28.3 Å². The largest absolute Gasteiger partial charge is 0.255 e. The van der Waals surface area contributed by atoms with Crippen molar-refractivity contribution in [1.82, 2.24) is 9.97 Å². The summed E-state index contributed by atoms with van der Waals surface area (Å²) in [5.41, 5.74) is 10.0. The predicted molar refractivity (Wildman–Crippen MR) is 127 cm³/mol. The van der Waals surface area contributed by atoms with Crippen LogP contribution in [0.3, 0.4) is 0 Å². The molecule has 0 spiro atoms. The van der Waals surface area contributed by atoms with E-state index >= 15 is 0 Å². The molecule has 2 nitrogen and oxygen atoms in total. The third-order valence-electron chi connectivity index (χ3n) is 6.53. The fourth-order valence-corrected chi connectivity index (χ4v) is 5.21. The number of hydrogen-bond donors (Lipinski definition) is 0. The SMILES string of the molecule is Cc1cc(C)c2cc3c(cc2c1)-c1nccc2nc(CC(C)(C)C)cc(c12)C3(C)C. The monoisotopic (exact) mass is 394 g/mol. The van der Waals surface area contributed by atoms with Gasteiger partial charge in [-0.25, -0.2) is 0 Å². The Kier molecular flexibility index (Phi) is 3.93. The zero-order chi connectivity index (χ0) is 21.4. The van der Waals surface area contributed by atoms with Crippen molar-refractivity contribution in [3.05, 3.63) is 70.5 Å². The summed E-state index contributed by atoms with van der Waals surface area (Å²) < 4.78 is 0. The molecule has 0 saturated heterocycles. The summed E-state index contributed by atoms with van der Waals surface area (Å²) in [6.07, 6.45) is 2.88. The summed E-state index contributed by atoms with van der Waals surface area (Å²) in [5, 5.41) is 3.85. The first kappa shape index (κ1) is 19.2. The topological polar surface area (TPSA) is 25.8 Å². The van der Waals surface area contributed by atoms with Crippen molar-refractivity contribution >= 4 is 21.7 Å². The molecule has 0 atom stereocenters. The number of aromatic nitrogens is 2. The van der Waals surface area contributed by atoms with Gasteiger partial charge in [-0.15, -0.1) is 0 Å². The Labute approximate surface area is 179 Å². The van der Waals surface area contributed by atoms with Gasteiger partial charge in [0.15, 0.2) is 0 Å². The van der Waals surface area contributed by atoms with E-state index in [4.69, 9.17) is 9.97 Å². The van der Waals surface area contributed by atoms with Crippen LogP contribution >= 0.6 is 0 Å². The van der Waals surface area contributed by atoms with Crippen LogP contribution in [0.2, 0.25) is 0 Å². The minimum Gasteiger partial charge on any atom is -0.255 e. The van der Waals surface area contributed by atoms with Crippen molar-refractivity contribution in [2.24, 2.45) is 5.41 Å². The number of pyridine rings is 2. The summed E-state index contributed by atoms with van der Waals surface area (Å²) in [6, 6.07) is 13.7. The second-order valence-electron chi connectivity index (χ2n) is 10.8. The van der Waals surface area contributed by atoms with Gasteiger partial charge in [-0.05, 0) is 77.4 Å². The predicted octanol–water partition coefficient (Wildman–Crippen LogP) is 7.29. The number of benzene rings is 2. The first-order chi connectivity index (χ1) is 14.0. The highest BCUT2D eigenvalue weighted by Gasteiger charge is 2.35. The molecule has 0 aliphatic heterocycles. The normalized spacial score (nSPS) is 14.9. The van der Waals surface area contributed by atoms with Crippen LogP contribution in [0.4, 0.5) is 0 Å². The lowest BCUT2D eigenvalue weighted by Gasteiger charge is -2.35. The lowest BCUT2D eigenvalue weighted by molar-refractivity contribution is 0.406. The van der Waals surface area contributed by atoms with Crippen molar-refractivity contribution in [2.75, 3.05) is 0 Å². The molecule has 0 unspecified atom stereocenters. The van der Waals surface area contributed by atoms with Crippen molar-refractivity contribution in [1.29, 1.82) is 0 Å². The van der Waals surface area contributed by atoms with Crippen LogP contribution in [0.5, 0.6) is 0 Å². The maximum absolute atomic E-state index is 5.05. The second-order valence-corrected chi connectivity index (χ2v) is 10.8. The molecule has 1 aliphatic rings. The average Bonchev–Trinajstić information content (AvgIpc) is 2.63. The molecule has 5 rings (SSSR count). The average molecular weight is 395 g/mol. The molecule has 30 heavy (non-hydrogen) atoms. The number of nitrogens with zero attached hydrogens (tertiary/aromatic N) is 2. The maximum atomic E-state index is 5.05. The van der Waals surface area contributed by atoms with Gasteiger partial charge < -0.3 is 0 Å². The van der Waals surface area contributed by atoms with E-state index in [1.165, 1.54) is 49.7 Å². The van der Waals surface area contributed by atoms with E-state index in [1.54, 1.807) is 0 Å². The Morgan fingerprint density at radius 2 is 1.70 bits per heavy atom. The van der Waals surface area contributed by atoms with Crippen molar-refractivity contribution < 1.29 is 0 Å². The molecule has 0 radical (unpaired) electrons. The first-order valence-electron chi connectivity index (χ1n) is 10.9. The smallest absolute Gasteiger partial charge is 0.0802 e. The molecule has 2 heterocycles. The van der Waals surface area contributed by atoms with Crippen LogP contribution < -0.4 is 0 Å². The molecule has 2 aromatic carbocycles. The summed E-state index contributed by atoms with van der Waals surface area (Å²) in [4.78, 5) is 9.91. The van der Waals surface area contributed by atoms with Gasteiger partial charge >= 0.3 is 0 Å². The molecule has 152 valence electrons. The Balaban J connectivity index is 1.88. The molecule has 0 saturated carbocycles. The summed E-state index contributed by atoms with van der Waals surface area (Å²) in [7, 11) is 0. The van der Waals surface area contributed by atoms with Crippen LogP contribution in [-0.2, 0) is 11.8 Å². The number of fused-ring (bicyclic) bond motifs is 3. The van der Waals surface area contributed by atoms with E-state index in [0.29, 0.717) is 0 Å². The third-order valence-corrected chi connectivity index (χ3v) is 6.53. The lowest BCUT2D eigenvalue weighted by atomic mass is 9.69. The zero-order valence-electron chi connectivity index (χ0n) is 19.1. The third kappa shape index (κ3) is 2.85. The summed E-state index contributed by atoms with van der Waals surface area (Å²) >= 11 is 0. The first-order valence-corrected chi connectivity index (χ1v) is 10.9. The van der Waals surface area contributed by atoms with Crippen molar-refractivity contribution in [2.45, 2.75) is 60.3 Å². The minimum absolute atomic E-state index is 0.106. The van der Waals surface area contributed by atoms with Crippen molar-refractivity contribution in [3.63, 3.8) is 0 Å². The van der Waals surface area contributed by atoms with E-state index < -0.39 is 0 Å². The van der Waals surface area contributed by atoms with Gasteiger partial charge in [0.25, 0.3) is 0 Å². The highest BCUT2D eigenvalue weighted by atomic mass is 14.8. The van der Waals surface area contributed by atoms with Crippen LogP contribution in [0.25, 0.3) is 32.9 Å². The standard InChI is InChI=1S/C28H30N2/c1-16-10-17(2)20-14-22-21(12-18(20)11-16)26-25-23(28(22,6)7)13-19(15-27(3,4)5)30-24(25)8-9-29-26/h8-14H,15H2,1-7H3. The maximum Gasteiger partial charge on any atom is 0.0802 e. The lowest BCUT2D eigenvalue weighted by Crippen LogP contribution is -2.25. The van der Waals surface area contributed by atoms with Gasteiger partial charge in [0.05, 0.1) is 11.2 Å². The Bertz CT molecular complexity index is 1340. The Morgan fingerprint density at radius 3 is 2.43 bits per heavy atom. The van der Waals surface area contributed by atoms with Gasteiger partial charge in [0.1, 0.15) is 0 Å². The van der Waals surface area contributed by atoms with E-state index in [9.17, 15) is 0 Å². The fourth-order valence-electron chi connectivity index (χ4n) is 5.21. The van der Waals surface area contributed by atoms with Crippen LogP contribution in [0.15, 0.2) is 42.6 Å².